The largest absolute Gasteiger partial charge is 0.481 e. The minimum Gasteiger partial charge on any atom is -0.481 e. The van der Waals surface area contributed by atoms with E-state index in [1.54, 1.807) is 0 Å². The second-order valence-corrected chi connectivity index (χ2v) is 8.69. The minimum atomic E-state index is -1.06. The second-order valence-electron chi connectivity index (χ2n) is 8.69. The van der Waals surface area contributed by atoms with Crippen molar-refractivity contribution in [3.05, 3.63) is 95.1 Å². The topological polar surface area (TPSA) is 131 Å². The molecule has 0 saturated heterocycles. The fourth-order valence-corrected chi connectivity index (χ4v) is 4.42. The van der Waals surface area contributed by atoms with Crippen LogP contribution in [0.4, 0.5) is 4.79 Å². The number of rotatable bonds is 10. The number of carboxylic acids is 1. The molecule has 8 heteroatoms. The molecule has 1 aliphatic rings. The highest BCUT2D eigenvalue weighted by molar-refractivity contribution is 5.86. The van der Waals surface area contributed by atoms with Crippen LogP contribution in [0.5, 0.6) is 0 Å². The van der Waals surface area contributed by atoms with Crippen molar-refractivity contribution < 1.29 is 24.2 Å². The summed E-state index contributed by atoms with van der Waals surface area (Å²) in [5.41, 5.74) is 11.8. The molecule has 5 N–H and O–H groups in total. The first-order chi connectivity index (χ1) is 17.5. The van der Waals surface area contributed by atoms with Gasteiger partial charge in [0.2, 0.25) is 5.91 Å². The van der Waals surface area contributed by atoms with E-state index in [1.807, 2.05) is 72.8 Å². The van der Waals surface area contributed by atoms with Crippen molar-refractivity contribution >= 4 is 18.0 Å². The third-order valence-electron chi connectivity index (χ3n) is 6.32. The lowest BCUT2D eigenvalue weighted by atomic mass is 9.98. The summed E-state index contributed by atoms with van der Waals surface area (Å²) in [5, 5.41) is 14.4. The van der Waals surface area contributed by atoms with E-state index < -0.39 is 24.0 Å². The van der Waals surface area contributed by atoms with Crippen molar-refractivity contribution in [3.8, 4) is 11.1 Å². The van der Waals surface area contributed by atoms with E-state index in [4.69, 9.17) is 15.6 Å². The number of alkyl carbamates (subject to hydrolysis) is 1. The van der Waals surface area contributed by atoms with Crippen molar-refractivity contribution in [3.63, 3.8) is 0 Å². The number of carbonyl (C=O) groups excluding carboxylic acids is 2. The third-order valence-corrected chi connectivity index (χ3v) is 6.32. The molecule has 4 rings (SSSR count). The smallest absolute Gasteiger partial charge is 0.407 e. The van der Waals surface area contributed by atoms with Crippen LogP contribution in [0.2, 0.25) is 0 Å². The fourth-order valence-electron chi connectivity index (χ4n) is 4.42. The van der Waals surface area contributed by atoms with Gasteiger partial charge in [0.15, 0.2) is 0 Å². The average molecular weight is 488 g/mol. The Labute approximate surface area is 209 Å². The zero-order valence-corrected chi connectivity index (χ0v) is 19.8. The van der Waals surface area contributed by atoms with Crippen molar-refractivity contribution in [2.45, 2.75) is 37.9 Å². The Bertz CT molecular complexity index is 1200. The van der Waals surface area contributed by atoms with Gasteiger partial charge in [-0.15, -0.1) is 0 Å². The molecule has 1 aliphatic carbocycles. The molecule has 0 heterocycles. The average Bonchev–Trinajstić information content (AvgIpc) is 3.22. The Morgan fingerprint density at radius 2 is 1.47 bits per heavy atom. The van der Waals surface area contributed by atoms with Gasteiger partial charge in [0.25, 0.3) is 0 Å². The molecule has 0 radical (unpaired) electrons. The molecule has 186 valence electrons. The van der Waals surface area contributed by atoms with Crippen molar-refractivity contribution in [1.29, 1.82) is 0 Å². The van der Waals surface area contributed by atoms with Crippen LogP contribution in [0.1, 0.15) is 41.0 Å². The van der Waals surface area contributed by atoms with Gasteiger partial charge in [-0.1, -0.05) is 72.8 Å². The fraction of sp³-hybridized carbons (Fsp3) is 0.250. The quantitative estimate of drug-likeness (QED) is 0.346. The SMILES string of the molecule is NCc1ccc(CNC(=O)[C@H](CCC(=O)O)NC(=O)OCC2c3ccccc3-c3ccccc32)cc1. The van der Waals surface area contributed by atoms with E-state index >= 15 is 0 Å². The summed E-state index contributed by atoms with van der Waals surface area (Å²) >= 11 is 0. The number of hydrogen-bond acceptors (Lipinski definition) is 5. The Hall–Kier alpha value is -4.17. The molecule has 0 bridgehead atoms. The van der Waals surface area contributed by atoms with Gasteiger partial charge in [0.05, 0.1) is 0 Å². The van der Waals surface area contributed by atoms with Gasteiger partial charge < -0.3 is 26.2 Å². The maximum atomic E-state index is 12.8. The number of nitrogens with one attached hydrogen (secondary N) is 2. The number of amides is 2. The first kappa shape index (κ1) is 24.9. The van der Waals surface area contributed by atoms with Gasteiger partial charge in [-0.3, -0.25) is 9.59 Å². The summed E-state index contributed by atoms with van der Waals surface area (Å²) in [6.07, 6.45) is -1.10. The van der Waals surface area contributed by atoms with Gasteiger partial charge in [-0.05, 0) is 39.8 Å². The highest BCUT2D eigenvalue weighted by Gasteiger charge is 2.30. The van der Waals surface area contributed by atoms with E-state index in [0.717, 1.165) is 33.4 Å². The lowest BCUT2D eigenvalue weighted by Gasteiger charge is -2.19. The van der Waals surface area contributed by atoms with E-state index in [0.29, 0.717) is 6.54 Å². The van der Waals surface area contributed by atoms with Gasteiger partial charge >= 0.3 is 12.1 Å². The molecule has 8 nitrogen and oxygen atoms in total. The first-order valence-corrected chi connectivity index (χ1v) is 11.8. The summed E-state index contributed by atoms with van der Waals surface area (Å²) in [6.45, 7) is 0.758. The van der Waals surface area contributed by atoms with Crippen LogP contribution in [-0.4, -0.2) is 35.7 Å². The summed E-state index contributed by atoms with van der Waals surface area (Å²) in [4.78, 5) is 36.5. The van der Waals surface area contributed by atoms with Crippen LogP contribution in [0.25, 0.3) is 11.1 Å². The number of benzene rings is 3. The van der Waals surface area contributed by atoms with Gasteiger partial charge in [-0.25, -0.2) is 4.79 Å². The summed E-state index contributed by atoms with van der Waals surface area (Å²) < 4.78 is 5.53. The number of aliphatic carboxylic acids is 1. The van der Waals surface area contributed by atoms with E-state index in [9.17, 15) is 14.4 Å². The van der Waals surface area contributed by atoms with Crippen molar-refractivity contribution in [2.75, 3.05) is 6.61 Å². The molecule has 0 spiro atoms. The normalized spacial score (nSPS) is 12.8. The standard InChI is InChI=1S/C28H29N3O5/c29-15-18-9-11-19(12-10-18)16-30-27(34)25(13-14-26(32)33)31-28(35)36-17-24-22-7-3-1-5-20(22)21-6-2-4-8-23(21)24/h1-12,24-25H,13-17,29H2,(H,30,34)(H,31,35)(H,32,33)/t25-/m0/s1. The minimum absolute atomic E-state index is 0.0581. The van der Waals surface area contributed by atoms with Crippen LogP contribution in [0, 0.1) is 0 Å². The zero-order chi connectivity index (χ0) is 25.5. The molecule has 0 unspecified atom stereocenters. The Kier molecular flexibility index (Phi) is 7.97. The summed E-state index contributed by atoms with van der Waals surface area (Å²) in [6, 6.07) is 22.4. The number of nitrogens with two attached hydrogens (primary N) is 1. The molecule has 0 saturated carbocycles. The molecular weight excluding hydrogens is 458 g/mol. The number of hydrogen-bond donors (Lipinski definition) is 4. The van der Waals surface area contributed by atoms with Crippen LogP contribution in [0.15, 0.2) is 72.8 Å². The Morgan fingerprint density at radius 3 is 2.06 bits per heavy atom. The number of ether oxygens (including phenoxy) is 1. The Balaban J connectivity index is 1.37. The highest BCUT2D eigenvalue weighted by Crippen LogP contribution is 2.44. The van der Waals surface area contributed by atoms with Crippen LogP contribution in [0.3, 0.4) is 0 Å². The molecule has 0 aliphatic heterocycles. The lowest BCUT2D eigenvalue weighted by molar-refractivity contribution is -0.137. The van der Waals surface area contributed by atoms with Gasteiger partial charge in [0, 0.05) is 25.4 Å². The third kappa shape index (κ3) is 5.90. The summed E-state index contributed by atoms with van der Waals surface area (Å²) in [5.74, 6) is -1.65. The highest BCUT2D eigenvalue weighted by atomic mass is 16.5. The van der Waals surface area contributed by atoms with Gasteiger partial charge in [-0.2, -0.15) is 0 Å². The second kappa shape index (κ2) is 11.5. The monoisotopic (exact) mass is 487 g/mol. The predicted molar refractivity (Wildman–Crippen MR) is 135 cm³/mol. The number of carbonyl (C=O) groups is 3. The molecule has 3 aromatic rings. The van der Waals surface area contributed by atoms with E-state index in [-0.39, 0.29) is 31.9 Å². The molecular formula is C28H29N3O5. The van der Waals surface area contributed by atoms with E-state index in [1.165, 1.54) is 0 Å². The number of carboxylic acid groups (broad SMARTS) is 1. The summed E-state index contributed by atoms with van der Waals surface area (Å²) in [7, 11) is 0. The molecule has 36 heavy (non-hydrogen) atoms. The molecule has 0 aromatic heterocycles. The molecule has 2 amide bonds. The van der Waals surface area contributed by atoms with E-state index in [2.05, 4.69) is 10.6 Å². The molecule has 3 aromatic carbocycles. The van der Waals surface area contributed by atoms with Gasteiger partial charge in [0.1, 0.15) is 12.6 Å². The lowest BCUT2D eigenvalue weighted by Crippen LogP contribution is -2.47. The maximum Gasteiger partial charge on any atom is 0.407 e. The predicted octanol–water partition coefficient (Wildman–Crippen LogP) is 3.53. The molecule has 0 fully saturated rings. The van der Waals surface area contributed by atoms with Crippen molar-refractivity contribution in [2.24, 2.45) is 5.73 Å². The zero-order valence-electron chi connectivity index (χ0n) is 19.8. The van der Waals surface area contributed by atoms with Crippen LogP contribution in [-0.2, 0) is 27.4 Å². The van der Waals surface area contributed by atoms with Crippen molar-refractivity contribution in [1.82, 2.24) is 10.6 Å². The van der Waals surface area contributed by atoms with Crippen LogP contribution >= 0.6 is 0 Å². The van der Waals surface area contributed by atoms with Crippen LogP contribution < -0.4 is 16.4 Å². The Morgan fingerprint density at radius 1 is 0.889 bits per heavy atom. The maximum absolute atomic E-state index is 12.8. The molecule has 1 atom stereocenters. The number of fused-ring (bicyclic) bond motifs is 3. The first-order valence-electron chi connectivity index (χ1n) is 11.8.